The molecule has 0 fully saturated rings. The third-order valence-electron chi connectivity index (χ3n) is 4.74. The van der Waals surface area contributed by atoms with Crippen LogP contribution >= 0.6 is 10.2 Å². The van der Waals surface area contributed by atoms with E-state index in [2.05, 4.69) is 14.8 Å². The number of carbonyl (C=O) groups is 1. The number of halogens is 5. The quantitative estimate of drug-likeness (QED) is 0.0683. The number of hydrogen-bond acceptors (Lipinski definition) is 4. The minimum Gasteiger partial charge on any atom is -0.457 e. The number of ether oxygens (including phenoxy) is 1. The summed E-state index contributed by atoms with van der Waals surface area (Å²) in [6.07, 6.45) is -1.72. The van der Waals surface area contributed by atoms with Crippen LogP contribution in [-0.4, -0.2) is 26.9 Å². The predicted molar refractivity (Wildman–Crippen MR) is 114 cm³/mol. The van der Waals surface area contributed by atoms with E-state index in [0.717, 1.165) is 0 Å². The van der Waals surface area contributed by atoms with Crippen molar-refractivity contribution in [2.75, 3.05) is 6.54 Å². The molecular weight excluding hydrogens is 461 g/mol. The zero-order valence-corrected chi connectivity index (χ0v) is 19.6. The molecular formula is C18H26F5N3O3SSi. The second-order valence-electron chi connectivity index (χ2n) is 8.39. The highest BCUT2D eigenvalue weighted by Crippen LogP contribution is 3.02. The normalized spacial score (nSPS) is 16.5. The molecule has 6 nitrogen and oxygen atoms in total. The fourth-order valence-corrected chi connectivity index (χ4v) is 4.15. The van der Waals surface area contributed by atoms with Gasteiger partial charge in [0.2, 0.25) is 0 Å². The highest BCUT2D eigenvalue weighted by atomic mass is 32.5. The third kappa shape index (κ3) is 8.52. The molecule has 1 atom stereocenters. The Balaban J connectivity index is 3.39. The maximum Gasteiger partial charge on any atom is 0.353 e. The van der Waals surface area contributed by atoms with E-state index in [0.29, 0.717) is 5.56 Å². The second-order valence-corrected chi connectivity index (χ2v) is 15.5. The van der Waals surface area contributed by atoms with E-state index < -0.39 is 53.7 Å². The molecule has 0 aliphatic heterocycles. The van der Waals surface area contributed by atoms with Crippen LogP contribution in [0.25, 0.3) is 10.4 Å². The summed E-state index contributed by atoms with van der Waals surface area (Å²) in [5.41, 5.74) is 8.85. The summed E-state index contributed by atoms with van der Waals surface area (Å²) in [6, 6.07) is 7.65. The molecule has 0 aliphatic rings. The van der Waals surface area contributed by atoms with Crippen LogP contribution in [0.3, 0.4) is 0 Å². The number of esters is 1. The molecule has 13 heteroatoms. The van der Waals surface area contributed by atoms with Crippen molar-refractivity contribution in [2.45, 2.75) is 51.6 Å². The van der Waals surface area contributed by atoms with Gasteiger partial charge in [0.25, 0.3) is 0 Å². The van der Waals surface area contributed by atoms with Crippen molar-refractivity contribution < 1.29 is 33.4 Å². The fraction of sp³-hybridized carbons (Fsp3) is 0.500. The van der Waals surface area contributed by atoms with E-state index in [-0.39, 0.29) is 6.08 Å². The van der Waals surface area contributed by atoms with Crippen molar-refractivity contribution in [1.29, 1.82) is 0 Å². The number of rotatable bonds is 9. The highest BCUT2D eigenvalue weighted by molar-refractivity contribution is 8.49. The number of azide groups is 1. The van der Waals surface area contributed by atoms with E-state index in [1.165, 1.54) is 12.1 Å². The van der Waals surface area contributed by atoms with Crippen molar-refractivity contribution in [2.24, 2.45) is 5.11 Å². The molecule has 0 unspecified atom stereocenters. The first kappa shape index (κ1) is 27.0. The van der Waals surface area contributed by atoms with Gasteiger partial charge >= 0.3 is 16.2 Å². The Morgan fingerprint density at radius 2 is 1.74 bits per heavy atom. The molecule has 0 spiro atoms. The second kappa shape index (κ2) is 8.45. The van der Waals surface area contributed by atoms with Gasteiger partial charge in [-0.15, -0.1) is 0 Å². The molecule has 0 N–H and O–H groups in total. The van der Waals surface area contributed by atoms with Crippen molar-refractivity contribution in [1.82, 2.24) is 0 Å². The maximum absolute atomic E-state index is 13.7. The molecule has 0 saturated heterocycles. The average molecular weight is 488 g/mol. The number of carbonyl (C=O) groups excluding carboxylic acids is 1. The molecule has 0 saturated carbocycles. The van der Waals surface area contributed by atoms with Crippen LogP contribution in [0.5, 0.6) is 0 Å². The Morgan fingerprint density at radius 1 is 1.19 bits per heavy atom. The van der Waals surface area contributed by atoms with Crippen molar-refractivity contribution >= 4 is 24.5 Å². The summed E-state index contributed by atoms with van der Waals surface area (Å²) in [4.78, 5) is 11.9. The van der Waals surface area contributed by atoms with E-state index >= 15 is 0 Å². The molecule has 0 aromatic heterocycles. The zero-order chi connectivity index (χ0) is 24.2. The molecule has 0 amide bonds. The molecule has 0 aliphatic carbocycles. The van der Waals surface area contributed by atoms with Crippen LogP contribution in [0, 0.1) is 0 Å². The zero-order valence-electron chi connectivity index (χ0n) is 17.8. The molecule has 1 aromatic carbocycles. The van der Waals surface area contributed by atoms with Gasteiger partial charge in [-0.25, -0.2) is 4.79 Å². The minimum atomic E-state index is -10.5. The van der Waals surface area contributed by atoms with E-state index in [1.807, 2.05) is 0 Å². The topological polar surface area (TPSA) is 84.3 Å². The summed E-state index contributed by atoms with van der Waals surface area (Å²) in [7, 11) is -13.2. The lowest BCUT2D eigenvalue weighted by atomic mass is 10.2. The van der Waals surface area contributed by atoms with Gasteiger partial charge in [-0.1, -0.05) is 75.6 Å². The number of nitrogens with zero attached hydrogens (tertiary/aromatic N) is 3. The van der Waals surface area contributed by atoms with Crippen LogP contribution in [0.4, 0.5) is 19.4 Å². The van der Waals surface area contributed by atoms with Gasteiger partial charge in [-0.2, -0.15) is 0 Å². The largest absolute Gasteiger partial charge is 0.457 e. The van der Waals surface area contributed by atoms with Gasteiger partial charge in [0.15, 0.2) is 13.2 Å². The lowest BCUT2D eigenvalue weighted by molar-refractivity contribution is -0.139. The molecule has 176 valence electrons. The Morgan fingerprint density at radius 3 is 2.19 bits per heavy atom. The Labute approximate surface area is 178 Å². The molecule has 0 heterocycles. The predicted octanol–water partition coefficient (Wildman–Crippen LogP) is 7.61. The van der Waals surface area contributed by atoms with Crippen LogP contribution in [0.2, 0.25) is 18.1 Å². The van der Waals surface area contributed by atoms with Gasteiger partial charge in [-0.05, 0) is 35.3 Å². The fourth-order valence-electron chi connectivity index (χ4n) is 2.11. The average Bonchev–Trinajstić information content (AvgIpc) is 2.59. The molecule has 1 rings (SSSR count). The van der Waals surface area contributed by atoms with E-state index in [1.54, 1.807) is 52.1 Å². The van der Waals surface area contributed by atoms with Gasteiger partial charge in [0.05, 0.1) is 12.6 Å². The molecule has 1 aromatic rings. The Kier molecular flexibility index (Phi) is 7.35. The van der Waals surface area contributed by atoms with Gasteiger partial charge < -0.3 is 9.16 Å². The van der Waals surface area contributed by atoms with Crippen molar-refractivity contribution in [3.8, 4) is 0 Å². The SMILES string of the molecule is CC(C)(C)[Si](C)(C)O[C@H](/C=C(/C(=O)OCc1ccccc1)S(F)(F)(F)(F)F)CN=[N+]=[N-]. The Bertz CT molecular complexity index is 881. The first-order valence-electron chi connectivity index (χ1n) is 9.12. The highest BCUT2D eigenvalue weighted by Gasteiger charge is 2.70. The smallest absolute Gasteiger partial charge is 0.353 e. The van der Waals surface area contributed by atoms with Gasteiger partial charge in [0.1, 0.15) is 6.61 Å². The first-order chi connectivity index (χ1) is 13.8. The van der Waals surface area contributed by atoms with E-state index in [4.69, 9.17) is 9.96 Å². The maximum atomic E-state index is 13.7. The third-order valence-corrected chi connectivity index (χ3v) is 10.4. The molecule has 0 radical (unpaired) electrons. The minimum absolute atomic E-state index is 0.0238. The van der Waals surface area contributed by atoms with Crippen LogP contribution in [-0.2, 0) is 20.6 Å². The number of hydrogen-bond donors (Lipinski definition) is 0. The van der Waals surface area contributed by atoms with E-state index in [9.17, 15) is 24.2 Å². The monoisotopic (exact) mass is 487 g/mol. The van der Waals surface area contributed by atoms with Crippen molar-refractivity contribution in [3.63, 3.8) is 0 Å². The van der Waals surface area contributed by atoms with Crippen molar-refractivity contribution in [3.05, 3.63) is 57.3 Å². The first-order valence-corrected chi connectivity index (χ1v) is 14.0. The summed E-state index contributed by atoms with van der Waals surface area (Å²) < 4.78 is 78.7. The Hall–Kier alpha value is -2.08. The standard InChI is InChI=1S/C18H26F5N3O3SSi/c1-18(2,3)31(4,5)29-15(12-25-26-24)11-16(30(19,20,21,22)23)17(27)28-13-14-9-7-6-8-10-14/h6-11,15H,12-13H2,1-5H3/b16-11-/t15-/m1/s1. The molecule has 31 heavy (non-hydrogen) atoms. The lowest BCUT2D eigenvalue weighted by Crippen LogP contribution is -2.44. The summed E-state index contributed by atoms with van der Waals surface area (Å²) in [5.74, 6) is -2.23. The van der Waals surface area contributed by atoms with Crippen LogP contribution in [0.1, 0.15) is 26.3 Å². The summed E-state index contributed by atoms with van der Waals surface area (Å²) >= 11 is 0. The lowest BCUT2D eigenvalue weighted by Gasteiger charge is -2.42. The van der Waals surface area contributed by atoms with Gasteiger partial charge in [0, 0.05) is 4.91 Å². The van der Waals surface area contributed by atoms with Crippen LogP contribution < -0.4 is 0 Å². The number of benzene rings is 1. The summed E-state index contributed by atoms with van der Waals surface area (Å²) in [5, 5.41) is 2.67. The summed E-state index contributed by atoms with van der Waals surface area (Å²) in [6.45, 7) is 7.38. The van der Waals surface area contributed by atoms with Crippen LogP contribution in [0.15, 0.2) is 46.4 Å². The van der Waals surface area contributed by atoms with Gasteiger partial charge in [-0.3, -0.25) is 0 Å². The molecule has 0 bridgehead atoms.